The van der Waals surface area contributed by atoms with E-state index in [1.54, 1.807) is 0 Å². The van der Waals surface area contributed by atoms with Gasteiger partial charge in [-0.1, -0.05) is 35.3 Å². The maximum absolute atomic E-state index is 12.2. The molecule has 134 valence electrons. The molecule has 25 heavy (non-hydrogen) atoms. The first-order chi connectivity index (χ1) is 12.1. The molecule has 5 nitrogen and oxygen atoms in total. The maximum atomic E-state index is 12.2. The summed E-state index contributed by atoms with van der Waals surface area (Å²) in [5.74, 6) is 0.889. The van der Waals surface area contributed by atoms with Crippen LogP contribution in [0.2, 0.25) is 5.02 Å². The van der Waals surface area contributed by atoms with E-state index in [0.717, 1.165) is 42.9 Å². The van der Waals surface area contributed by atoms with E-state index in [1.165, 1.54) is 6.42 Å². The van der Waals surface area contributed by atoms with Crippen LogP contribution in [0.15, 0.2) is 34.9 Å². The molecule has 0 spiro atoms. The summed E-state index contributed by atoms with van der Waals surface area (Å²) in [5.41, 5.74) is 1.99. The molecule has 0 aliphatic carbocycles. The van der Waals surface area contributed by atoms with Gasteiger partial charge in [0.05, 0.1) is 6.04 Å². The summed E-state index contributed by atoms with van der Waals surface area (Å²) >= 11 is 5.97. The van der Waals surface area contributed by atoms with Crippen molar-refractivity contribution in [1.29, 1.82) is 0 Å². The number of hydrogen-bond donors (Lipinski definition) is 1. The SMILES string of the molecule is Cc1cc([C@@H]2CCCCN2CCC(=O)NCc2cccc(Cl)c2)no1. The first-order valence-electron chi connectivity index (χ1n) is 8.80. The summed E-state index contributed by atoms with van der Waals surface area (Å²) in [7, 11) is 0. The van der Waals surface area contributed by atoms with Crippen molar-refractivity contribution in [2.24, 2.45) is 0 Å². The van der Waals surface area contributed by atoms with E-state index >= 15 is 0 Å². The van der Waals surface area contributed by atoms with Crippen LogP contribution in [0.1, 0.15) is 48.7 Å². The van der Waals surface area contributed by atoms with Crippen molar-refractivity contribution in [1.82, 2.24) is 15.4 Å². The number of nitrogens with zero attached hydrogens (tertiary/aromatic N) is 2. The number of nitrogens with one attached hydrogen (secondary N) is 1. The van der Waals surface area contributed by atoms with Gasteiger partial charge in [-0.15, -0.1) is 0 Å². The fourth-order valence-electron chi connectivity index (χ4n) is 3.32. The second-order valence-corrected chi connectivity index (χ2v) is 7.00. The van der Waals surface area contributed by atoms with Crippen molar-refractivity contribution in [3.8, 4) is 0 Å². The van der Waals surface area contributed by atoms with Crippen molar-refractivity contribution in [2.45, 2.75) is 45.2 Å². The monoisotopic (exact) mass is 361 g/mol. The number of likely N-dealkylation sites (tertiary alicyclic amines) is 1. The van der Waals surface area contributed by atoms with E-state index in [0.29, 0.717) is 18.0 Å². The molecule has 1 aromatic carbocycles. The molecule has 1 saturated heterocycles. The molecule has 3 rings (SSSR count). The first kappa shape index (κ1) is 18.0. The Labute approximate surface area is 153 Å². The minimum Gasteiger partial charge on any atom is -0.361 e. The smallest absolute Gasteiger partial charge is 0.221 e. The van der Waals surface area contributed by atoms with Gasteiger partial charge in [0.15, 0.2) is 0 Å². The molecule has 0 unspecified atom stereocenters. The normalized spacial score (nSPS) is 18.2. The summed E-state index contributed by atoms with van der Waals surface area (Å²) in [6.45, 7) is 4.15. The van der Waals surface area contributed by atoms with E-state index in [1.807, 2.05) is 37.3 Å². The molecular weight excluding hydrogens is 338 g/mol. The van der Waals surface area contributed by atoms with Gasteiger partial charge in [0, 0.05) is 30.6 Å². The Hall–Kier alpha value is -1.85. The third kappa shape index (κ3) is 5.06. The van der Waals surface area contributed by atoms with Gasteiger partial charge in [0.25, 0.3) is 0 Å². The highest BCUT2D eigenvalue weighted by Crippen LogP contribution is 2.30. The Kier molecular flexibility index (Phi) is 6.10. The fourth-order valence-corrected chi connectivity index (χ4v) is 3.53. The van der Waals surface area contributed by atoms with Crippen LogP contribution < -0.4 is 5.32 Å². The van der Waals surface area contributed by atoms with E-state index < -0.39 is 0 Å². The highest BCUT2D eigenvalue weighted by Gasteiger charge is 2.26. The summed E-state index contributed by atoms with van der Waals surface area (Å²) in [6, 6.07) is 9.81. The second kappa shape index (κ2) is 8.50. The molecule has 6 heteroatoms. The highest BCUT2D eigenvalue weighted by molar-refractivity contribution is 6.30. The number of halogens is 1. The number of carbonyl (C=O) groups is 1. The zero-order valence-corrected chi connectivity index (χ0v) is 15.3. The molecule has 0 radical (unpaired) electrons. The molecule has 1 fully saturated rings. The molecule has 1 aliphatic heterocycles. The number of hydrogen-bond acceptors (Lipinski definition) is 4. The third-order valence-corrected chi connectivity index (χ3v) is 4.84. The largest absolute Gasteiger partial charge is 0.361 e. The summed E-state index contributed by atoms with van der Waals surface area (Å²) < 4.78 is 5.22. The number of amides is 1. The van der Waals surface area contributed by atoms with Crippen LogP contribution in [0.3, 0.4) is 0 Å². The fraction of sp³-hybridized carbons (Fsp3) is 0.474. The predicted molar refractivity (Wildman–Crippen MR) is 97.3 cm³/mol. The lowest BCUT2D eigenvalue weighted by atomic mass is 9.99. The van der Waals surface area contributed by atoms with Gasteiger partial charge in [-0.05, 0) is 44.0 Å². The first-order valence-corrected chi connectivity index (χ1v) is 9.18. The van der Waals surface area contributed by atoms with E-state index in [4.69, 9.17) is 16.1 Å². The van der Waals surface area contributed by atoms with Crippen LogP contribution in [-0.4, -0.2) is 29.1 Å². The Morgan fingerprint density at radius 1 is 1.40 bits per heavy atom. The molecule has 0 saturated carbocycles. The average Bonchev–Trinajstić information content (AvgIpc) is 3.05. The summed E-state index contributed by atoms with van der Waals surface area (Å²) in [4.78, 5) is 14.5. The molecule has 2 aromatic rings. The maximum Gasteiger partial charge on any atom is 0.221 e. The molecular formula is C19H24ClN3O2. The Morgan fingerprint density at radius 3 is 3.04 bits per heavy atom. The molecule has 1 N–H and O–H groups in total. The van der Waals surface area contributed by atoms with E-state index in [-0.39, 0.29) is 11.9 Å². The minimum absolute atomic E-state index is 0.0561. The number of aromatic nitrogens is 1. The molecule has 0 bridgehead atoms. The molecule has 1 amide bonds. The standard InChI is InChI=1S/C19H24ClN3O2/c1-14-11-17(22-25-14)18-7-2-3-9-23(18)10-8-19(24)21-13-15-5-4-6-16(20)12-15/h4-6,11-12,18H,2-3,7-10,13H2,1H3,(H,21,24)/t18-/m0/s1. The average molecular weight is 362 g/mol. The Balaban J connectivity index is 1.49. The zero-order chi connectivity index (χ0) is 17.6. The van der Waals surface area contributed by atoms with Crippen molar-refractivity contribution in [3.05, 3.63) is 52.4 Å². The summed E-state index contributed by atoms with van der Waals surface area (Å²) in [6.07, 6.45) is 3.90. The molecule has 1 aromatic heterocycles. The topological polar surface area (TPSA) is 58.4 Å². The van der Waals surface area contributed by atoms with Gasteiger partial charge < -0.3 is 9.84 Å². The van der Waals surface area contributed by atoms with Crippen LogP contribution in [0, 0.1) is 6.92 Å². The van der Waals surface area contributed by atoms with Gasteiger partial charge in [0.1, 0.15) is 11.5 Å². The lowest BCUT2D eigenvalue weighted by Crippen LogP contribution is -2.36. The number of piperidine rings is 1. The molecule has 1 aliphatic rings. The Bertz CT molecular complexity index is 716. The van der Waals surface area contributed by atoms with Gasteiger partial charge in [-0.2, -0.15) is 0 Å². The van der Waals surface area contributed by atoms with E-state index in [9.17, 15) is 4.79 Å². The predicted octanol–water partition coefficient (Wildman–Crippen LogP) is 3.87. The van der Waals surface area contributed by atoms with Crippen molar-refractivity contribution < 1.29 is 9.32 Å². The van der Waals surface area contributed by atoms with Gasteiger partial charge in [-0.25, -0.2) is 0 Å². The second-order valence-electron chi connectivity index (χ2n) is 6.57. The molecule has 1 atom stereocenters. The van der Waals surface area contributed by atoms with Crippen molar-refractivity contribution >= 4 is 17.5 Å². The summed E-state index contributed by atoms with van der Waals surface area (Å²) in [5, 5.41) is 7.82. The van der Waals surface area contributed by atoms with Crippen LogP contribution in [-0.2, 0) is 11.3 Å². The minimum atomic E-state index is 0.0561. The van der Waals surface area contributed by atoms with Crippen LogP contribution in [0.5, 0.6) is 0 Å². The highest BCUT2D eigenvalue weighted by atomic mass is 35.5. The van der Waals surface area contributed by atoms with Gasteiger partial charge in [0.2, 0.25) is 5.91 Å². The van der Waals surface area contributed by atoms with E-state index in [2.05, 4.69) is 15.4 Å². The lowest BCUT2D eigenvalue weighted by Gasteiger charge is -2.34. The number of benzene rings is 1. The van der Waals surface area contributed by atoms with Crippen LogP contribution >= 0.6 is 11.6 Å². The van der Waals surface area contributed by atoms with Crippen molar-refractivity contribution in [3.63, 3.8) is 0 Å². The van der Waals surface area contributed by atoms with Crippen LogP contribution in [0.25, 0.3) is 0 Å². The number of rotatable bonds is 6. The quantitative estimate of drug-likeness (QED) is 0.848. The van der Waals surface area contributed by atoms with Gasteiger partial charge in [-0.3, -0.25) is 9.69 Å². The molecule has 2 heterocycles. The lowest BCUT2D eigenvalue weighted by molar-refractivity contribution is -0.121. The van der Waals surface area contributed by atoms with Crippen LogP contribution in [0.4, 0.5) is 0 Å². The third-order valence-electron chi connectivity index (χ3n) is 4.61. The Morgan fingerprint density at radius 2 is 2.28 bits per heavy atom. The van der Waals surface area contributed by atoms with Gasteiger partial charge >= 0.3 is 0 Å². The zero-order valence-electron chi connectivity index (χ0n) is 14.5. The van der Waals surface area contributed by atoms with Crippen molar-refractivity contribution in [2.75, 3.05) is 13.1 Å². The number of carbonyl (C=O) groups excluding carboxylic acids is 1. The number of aryl methyl sites for hydroxylation is 1.